The minimum absolute atomic E-state index is 0.0872. The summed E-state index contributed by atoms with van der Waals surface area (Å²) in [6.45, 7) is 1.87. The standard InChI is InChI=1S/C13H10Cl2O3S/c1-9-2-5-11(6-3-9)19(16,17)18-10-4-7-12(14)13(15)8-10/h2-8H,1H3. The Balaban J connectivity index is 2.30. The van der Waals surface area contributed by atoms with Gasteiger partial charge < -0.3 is 4.18 Å². The maximum absolute atomic E-state index is 12.0. The second kappa shape index (κ2) is 5.41. The Morgan fingerprint density at radius 3 is 2.16 bits per heavy atom. The predicted molar refractivity (Wildman–Crippen MR) is 75.5 cm³/mol. The Labute approximate surface area is 121 Å². The molecule has 2 aromatic rings. The Hall–Kier alpha value is -1.23. The molecule has 0 aromatic heterocycles. The maximum Gasteiger partial charge on any atom is 0.339 e. The molecule has 2 rings (SSSR count). The van der Waals surface area contributed by atoms with Gasteiger partial charge in [0.25, 0.3) is 0 Å². The molecule has 0 aliphatic rings. The van der Waals surface area contributed by atoms with Crippen LogP contribution in [0.4, 0.5) is 0 Å². The van der Waals surface area contributed by atoms with Gasteiger partial charge in [-0.25, -0.2) is 0 Å². The van der Waals surface area contributed by atoms with Crippen LogP contribution in [-0.4, -0.2) is 8.42 Å². The van der Waals surface area contributed by atoms with Gasteiger partial charge in [-0.3, -0.25) is 0 Å². The molecule has 0 bridgehead atoms. The first kappa shape index (κ1) is 14.2. The van der Waals surface area contributed by atoms with E-state index in [4.69, 9.17) is 27.4 Å². The van der Waals surface area contributed by atoms with Gasteiger partial charge in [-0.05, 0) is 31.2 Å². The minimum Gasteiger partial charge on any atom is -0.379 e. The van der Waals surface area contributed by atoms with Crippen LogP contribution in [0.2, 0.25) is 10.0 Å². The van der Waals surface area contributed by atoms with Gasteiger partial charge in [-0.2, -0.15) is 8.42 Å². The zero-order valence-corrected chi connectivity index (χ0v) is 12.3. The van der Waals surface area contributed by atoms with Crippen molar-refractivity contribution in [2.45, 2.75) is 11.8 Å². The third-order valence-electron chi connectivity index (χ3n) is 2.41. The molecular weight excluding hydrogens is 307 g/mol. The van der Waals surface area contributed by atoms with Crippen molar-refractivity contribution in [3.05, 3.63) is 58.1 Å². The van der Waals surface area contributed by atoms with Gasteiger partial charge in [0.15, 0.2) is 0 Å². The second-order valence-electron chi connectivity index (χ2n) is 3.93. The van der Waals surface area contributed by atoms with Crippen molar-refractivity contribution >= 4 is 33.3 Å². The molecule has 0 saturated carbocycles. The van der Waals surface area contributed by atoms with E-state index in [-0.39, 0.29) is 15.7 Å². The second-order valence-corrected chi connectivity index (χ2v) is 6.29. The van der Waals surface area contributed by atoms with Crippen LogP contribution in [0.3, 0.4) is 0 Å². The van der Waals surface area contributed by atoms with Crippen LogP contribution in [0.15, 0.2) is 47.4 Å². The Morgan fingerprint density at radius 1 is 0.947 bits per heavy atom. The fourth-order valence-corrected chi connectivity index (χ4v) is 2.62. The first-order valence-electron chi connectivity index (χ1n) is 5.35. The summed E-state index contributed by atoms with van der Waals surface area (Å²) in [7, 11) is -3.86. The van der Waals surface area contributed by atoms with Gasteiger partial charge in [0.2, 0.25) is 0 Å². The Bertz CT molecular complexity index is 694. The predicted octanol–water partition coefficient (Wildman–Crippen LogP) is 4.07. The summed E-state index contributed by atoms with van der Waals surface area (Å²) in [4.78, 5) is 0.0872. The minimum atomic E-state index is -3.86. The smallest absolute Gasteiger partial charge is 0.339 e. The molecule has 0 radical (unpaired) electrons. The highest BCUT2D eigenvalue weighted by Crippen LogP contribution is 2.28. The van der Waals surface area contributed by atoms with Crippen molar-refractivity contribution in [3.63, 3.8) is 0 Å². The lowest BCUT2D eigenvalue weighted by Gasteiger charge is -2.08. The van der Waals surface area contributed by atoms with Crippen molar-refractivity contribution in [1.82, 2.24) is 0 Å². The molecule has 100 valence electrons. The van der Waals surface area contributed by atoms with E-state index in [0.717, 1.165) is 5.56 Å². The molecule has 0 spiro atoms. The van der Waals surface area contributed by atoms with Crippen LogP contribution in [0.25, 0.3) is 0 Å². The van der Waals surface area contributed by atoms with Crippen molar-refractivity contribution in [2.75, 3.05) is 0 Å². The highest BCUT2D eigenvalue weighted by molar-refractivity contribution is 7.87. The molecule has 0 saturated heterocycles. The van der Waals surface area contributed by atoms with Gasteiger partial charge in [-0.15, -0.1) is 0 Å². The van der Waals surface area contributed by atoms with Crippen LogP contribution >= 0.6 is 23.2 Å². The van der Waals surface area contributed by atoms with Gasteiger partial charge >= 0.3 is 10.1 Å². The van der Waals surface area contributed by atoms with Gasteiger partial charge in [-0.1, -0.05) is 40.9 Å². The number of rotatable bonds is 3. The zero-order valence-electron chi connectivity index (χ0n) is 9.93. The SMILES string of the molecule is Cc1ccc(S(=O)(=O)Oc2ccc(Cl)c(Cl)c2)cc1. The summed E-state index contributed by atoms with van der Waals surface area (Å²) in [6.07, 6.45) is 0. The lowest BCUT2D eigenvalue weighted by atomic mass is 10.2. The highest BCUT2D eigenvalue weighted by Gasteiger charge is 2.16. The maximum atomic E-state index is 12.0. The summed E-state index contributed by atoms with van der Waals surface area (Å²) < 4.78 is 29.0. The monoisotopic (exact) mass is 316 g/mol. The fourth-order valence-electron chi connectivity index (χ4n) is 1.41. The van der Waals surface area contributed by atoms with Gasteiger partial charge in [0, 0.05) is 6.07 Å². The van der Waals surface area contributed by atoms with Crippen LogP contribution < -0.4 is 4.18 Å². The molecule has 0 N–H and O–H groups in total. The molecule has 0 atom stereocenters. The molecule has 3 nitrogen and oxygen atoms in total. The van der Waals surface area contributed by atoms with E-state index in [0.29, 0.717) is 5.02 Å². The topological polar surface area (TPSA) is 43.4 Å². The highest BCUT2D eigenvalue weighted by atomic mass is 35.5. The first-order valence-corrected chi connectivity index (χ1v) is 7.51. The molecule has 0 unspecified atom stereocenters. The van der Waals surface area contributed by atoms with Crippen molar-refractivity contribution < 1.29 is 12.6 Å². The van der Waals surface area contributed by atoms with Crippen LogP contribution in [-0.2, 0) is 10.1 Å². The molecular formula is C13H10Cl2O3S. The zero-order chi connectivity index (χ0) is 14.0. The lowest BCUT2D eigenvalue weighted by molar-refractivity contribution is 0.486. The molecule has 0 aliphatic carbocycles. The fraction of sp³-hybridized carbons (Fsp3) is 0.0769. The van der Waals surface area contributed by atoms with E-state index in [1.165, 1.54) is 30.3 Å². The summed E-state index contributed by atoms with van der Waals surface area (Å²) in [5, 5.41) is 0.569. The number of benzene rings is 2. The molecule has 0 aliphatic heterocycles. The molecule has 2 aromatic carbocycles. The van der Waals surface area contributed by atoms with Crippen LogP contribution in [0, 0.1) is 6.92 Å². The molecule has 6 heteroatoms. The lowest BCUT2D eigenvalue weighted by Crippen LogP contribution is -2.09. The summed E-state index contributed by atoms with van der Waals surface area (Å²) in [6, 6.07) is 10.7. The number of hydrogen-bond donors (Lipinski definition) is 0. The van der Waals surface area contributed by atoms with Crippen LogP contribution in [0.5, 0.6) is 5.75 Å². The quantitative estimate of drug-likeness (QED) is 0.802. The first-order chi connectivity index (χ1) is 8.88. The summed E-state index contributed by atoms with van der Waals surface area (Å²) in [5.74, 6) is 0.120. The number of halogens is 2. The van der Waals surface area contributed by atoms with E-state index in [1.54, 1.807) is 12.1 Å². The molecule has 0 heterocycles. The Kier molecular flexibility index (Phi) is 4.04. The van der Waals surface area contributed by atoms with E-state index in [9.17, 15) is 8.42 Å². The normalized spacial score (nSPS) is 11.3. The van der Waals surface area contributed by atoms with E-state index < -0.39 is 10.1 Å². The van der Waals surface area contributed by atoms with Crippen molar-refractivity contribution in [2.24, 2.45) is 0 Å². The Morgan fingerprint density at radius 2 is 1.58 bits per heavy atom. The van der Waals surface area contributed by atoms with Crippen LogP contribution in [0.1, 0.15) is 5.56 Å². The van der Waals surface area contributed by atoms with E-state index in [2.05, 4.69) is 0 Å². The third kappa shape index (κ3) is 3.41. The largest absolute Gasteiger partial charge is 0.379 e. The molecule has 0 fully saturated rings. The van der Waals surface area contributed by atoms with E-state index in [1.807, 2.05) is 6.92 Å². The summed E-state index contributed by atoms with van der Waals surface area (Å²) >= 11 is 11.6. The average molecular weight is 317 g/mol. The number of aryl methyl sites for hydroxylation is 1. The molecule has 0 amide bonds. The van der Waals surface area contributed by atoms with E-state index >= 15 is 0 Å². The van der Waals surface area contributed by atoms with Crippen molar-refractivity contribution in [1.29, 1.82) is 0 Å². The summed E-state index contributed by atoms with van der Waals surface area (Å²) in [5.41, 5.74) is 0.966. The molecule has 19 heavy (non-hydrogen) atoms. The van der Waals surface area contributed by atoms with Crippen molar-refractivity contribution in [3.8, 4) is 5.75 Å². The van der Waals surface area contributed by atoms with Gasteiger partial charge in [0.05, 0.1) is 10.0 Å². The third-order valence-corrected chi connectivity index (χ3v) is 4.41. The van der Waals surface area contributed by atoms with Gasteiger partial charge in [0.1, 0.15) is 10.6 Å². The average Bonchev–Trinajstić information content (AvgIpc) is 2.34. The number of hydrogen-bond acceptors (Lipinski definition) is 3.